The average molecular weight is 339 g/mol. The SMILES string of the molecule is O=C(CNCC1CC1)NCc1cc(Br)cc2c1OCC2. The Labute approximate surface area is 127 Å². The van der Waals surface area contributed by atoms with Crippen LogP contribution in [0.5, 0.6) is 5.75 Å². The zero-order valence-electron chi connectivity index (χ0n) is 11.4. The van der Waals surface area contributed by atoms with Gasteiger partial charge in [-0.25, -0.2) is 0 Å². The van der Waals surface area contributed by atoms with E-state index in [0.29, 0.717) is 13.1 Å². The second-order valence-electron chi connectivity index (χ2n) is 5.50. The van der Waals surface area contributed by atoms with E-state index in [9.17, 15) is 4.79 Å². The largest absolute Gasteiger partial charge is 0.493 e. The topological polar surface area (TPSA) is 50.4 Å². The summed E-state index contributed by atoms with van der Waals surface area (Å²) in [6.07, 6.45) is 3.55. The molecule has 1 aliphatic heterocycles. The lowest BCUT2D eigenvalue weighted by Crippen LogP contribution is -2.34. The Kier molecular flexibility index (Phi) is 4.27. The zero-order valence-corrected chi connectivity index (χ0v) is 13.0. The summed E-state index contributed by atoms with van der Waals surface area (Å²) in [6.45, 7) is 2.61. The van der Waals surface area contributed by atoms with Crippen LogP contribution < -0.4 is 15.4 Å². The first-order valence-electron chi connectivity index (χ1n) is 7.14. The van der Waals surface area contributed by atoms with E-state index >= 15 is 0 Å². The van der Waals surface area contributed by atoms with E-state index in [0.717, 1.165) is 41.3 Å². The second kappa shape index (κ2) is 6.14. The normalized spacial score (nSPS) is 16.6. The molecule has 0 saturated heterocycles. The molecule has 1 saturated carbocycles. The van der Waals surface area contributed by atoms with E-state index in [2.05, 4.69) is 32.6 Å². The highest BCUT2D eigenvalue weighted by Gasteiger charge is 2.21. The summed E-state index contributed by atoms with van der Waals surface area (Å²) < 4.78 is 6.69. The van der Waals surface area contributed by atoms with E-state index in [1.54, 1.807) is 0 Å². The Morgan fingerprint density at radius 1 is 1.40 bits per heavy atom. The van der Waals surface area contributed by atoms with Crippen LogP contribution in [-0.4, -0.2) is 25.6 Å². The van der Waals surface area contributed by atoms with Gasteiger partial charge in [-0.1, -0.05) is 15.9 Å². The molecule has 1 amide bonds. The molecule has 3 rings (SSSR count). The molecule has 20 heavy (non-hydrogen) atoms. The van der Waals surface area contributed by atoms with Crippen molar-refractivity contribution in [2.75, 3.05) is 19.7 Å². The molecule has 1 aliphatic carbocycles. The molecule has 5 heteroatoms. The zero-order chi connectivity index (χ0) is 13.9. The Morgan fingerprint density at radius 3 is 3.05 bits per heavy atom. The number of ether oxygens (including phenoxy) is 1. The Bertz CT molecular complexity index is 515. The standard InChI is InChI=1S/C15H19BrN2O2/c16-13-5-11-3-4-20-15(11)12(6-13)8-18-14(19)9-17-7-10-1-2-10/h5-6,10,17H,1-4,7-9H2,(H,18,19). The lowest BCUT2D eigenvalue weighted by Gasteiger charge is -2.11. The number of carbonyl (C=O) groups excluding carboxylic acids is 1. The number of nitrogens with one attached hydrogen (secondary N) is 2. The molecule has 1 aromatic carbocycles. The molecule has 0 radical (unpaired) electrons. The molecule has 0 aromatic heterocycles. The van der Waals surface area contributed by atoms with Gasteiger partial charge in [0.2, 0.25) is 5.91 Å². The third-order valence-electron chi connectivity index (χ3n) is 3.72. The fraction of sp³-hybridized carbons (Fsp3) is 0.533. The first kappa shape index (κ1) is 13.9. The maximum atomic E-state index is 11.8. The molecule has 2 aliphatic rings. The van der Waals surface area contributed by atoms with Gasteiger partial charge in [0.25, 0.3) is 0 Å². The van der Waals surface area contributed by atoms with Gasteiger partial charge in [-0.05, 0) is 43.0 Å². The molecule has 1 aromatic rings. The fourth-order valence-electron chi connectivity index (χ4n) is 2.45. The maximum absolute atomic E-state index is 11.8. The van der Waals surface area contributed by atoms with Crippen molar-refractivity contribution < 1.29 is 9.53 Å². The van der Waals surface area contributed by atoms with Crippen molar-refractivity contribution in [3.8, 4) is 5.75 Å². The van der Waals surface area contributed by atoms with Crippen LogP contribution in [0.25, 0.3) is 0 Å². The molecule has 1 heterocycles. The van der Waals surface area contributed by atoms with Gasteiger partial charge in [0.1, 0.15) is 5.75 Å². The van der Waals surface area contributed by atoms with Crippen molar-refractivity contribution >= 4 is 21.8 Å². The first-order valence-corrected chi connectivity index (χ1v) is 7.93. The molecule has 0 spiro atoms. The van der Waals surface area contributed by atoms with Crippen LogP contribution in [-0.2, 0) is 17.8 Å². The third-order valence-corrected chi connectivity index (χ3v) is 4.17. The van der Waals surface area contributed by atoms with Gasteiger partial charge in [-0.15, -0.1) is 0 Å². The number of hydrogen-bond acceptors (Lipinski definition) is 3. The van der Waals surface area contributed by atoms with Gasteiger partial charge in [0.15, 0.2) is 0 Å². The van der Waals surface area contributed by atoms with Crippen LogP contribution in [0.15, 0.2) is 16.6 Å². The highest BCUT2D eigenvalue weighted by atomic mass is 79.9. The fourth-order valence-corrected chi connectivity index (χ4v) is 3.00. The quantitative estimate of drug-likeness (QED) is 0.834. The number of halogens is 1. The van der Waals surface area contributed by atoms with E-state index in [1.807, 2.05) is 6.07 Å². The molecule has 1 fully saturated rings. The van der Waals surface area contributed by atoms with E-state index in [4.69, 9.17) is 4.74 Å². The smallest absolute Gasteiger partial charge is 0.234 e. The number of carbonyl (C=O) groups is 1. The molecule has 0 unspecified atom stereocenters. The molecule has 4 nitrogen and oxygen atoms in total. The van der Waals surface area contributed by atoms with Gasteiger partial charge >= 0.3 is 0 Å². The summed E-state index contributed by atoms with van der Waals surface area (Å²) in [5.41, 5.74) is 2.26. The van der Waals surface area contributed by atoms with E-state index in [1.165, 1.54) is 18.4 Å². The lowest BCUT2D eigenvalue weighted by atomic mass is 10.1. The van der Waals surface area contributed by atoms with Gasteiger partial charge < -0.3 is 15.4 Å². The van der Waals surface area contributed by atoms with Crippen LogP contribution in [0, 0.1) is 5.92 Å². The van der Waals surface area contributed by atoms with Gasteiger partial charge in [0.05, 0.1) is 13.2 Å². The van der Waals surface area contributed by atoms with Crippen molar-refractivity contribution in [1.82, 2.24) is 10.6 Å². The van der Waals surface area contributed by atoms with Crippen LogP contribution >= 0.6 is 15.9 Å². The predicted molar refractivity (Wildman–Crippen MR) is 80.8 cm³/mol. The van der Waals surface area contributed by atoms with Crippen LogP contribution in [0.1, 0.15) is 24.0 Å². The molecule has 0 atom stereocenters. The van der Waals surface area contributed by atoms with Crippen molar-refractivity contribution in [3.05, 3.63) is 27.7 Å². The number of amides is 1. The minimum atomic E-state index is 0.0392. The van der Waals surface area contributed by atoms with Crippen LogP contribution in [0.4, 0.5) is 0 Å². The van der Waals surface area contributed by atoms with E-state index < -0.39 is 0 Å². The molecular weight excluding hydrogens is 320 g/mol. The molecule has 2 N–H and O–H groups in total. The van der Waals surface area contributed by atoms with E-state index in [-0.39, 0.29) is 5.91 Å². The number of hydrogen-bond donors (Lipinski definition) is 2. The van der Waals surface area contributed by atoms with Crippen molar-refractivity contribution in [1.29, 1.82) is 0 Å². The Morgan fingerprint density at radius 2 is 2.25 bits per heavy atom. The maximum Gasteiger partial charge on any atom is 0.234 e. The van der Waals surface area contributed by atoms with Crippen LogP contribution in [0.3, 0.4) is 0 Å². The van der Waals surface area contributed by atoms with Gasteiger partial charge in [0, 0.05) is 23.0 Å². The monoisotopic (exact) mass is 338 g/mol. The second-order valence-corrected chi connectivity index (χ2v) is 6.42. The summed E-state index contributed by atoms with van der Waals surface area (Å²) in [4.78, 5) is 11.8. The highest BCUT2D eigenvalue weighted by molar-refractivity contribution is 9.10. The van der Waals surface area contributed by atoms with Crippen molar-refractivity contribution in [2.24, 2.45) is 5.92 Å². The summed E-state index contributed by atoms with van der Waals surface area (Å²) in [7, 11) is 0. The average Bonchev–Trinajstić information content (AvgIpc) is 3.12. The Balaban J connectivity index is 1.51. The minimum absolute atomic E-state index is 0.0392. The van der Waals surface area contributed by atoms with Gasteiger partial charge in [-0.3, -0.25) is 4.79 Å². The van der Waals surface area contributed by atoms with Gasteiger partial charge in [-0.2, -0.15) is 0 Å². The lowest BCUT2D eigenvalue weighted by molar-refractivity contribution is -0.120. The molecular formula is C15H19BrN2O2. The summed E-state index contributed by atoms with van der Waals surface area (Å²) in [5, 5.41) is 6.14. The summed E-state index contributed by atoms with van der Waals surface area (Å²) >= 11 is 3.51. The minimum Gasteiger partial charge on any atom is -0.493 e. The number of rotatable bonds is 6. The Hall–Kier alpha value is -1.07. The molecule has 0 bridgehead atoms. The summed E-state index contributed by atoms with van der Waals surface area (Å²) in [6, 6.07) is 4.10. The van der Waals surface area contributed by atoms with Crippen LogP contribution in [0.2, 0.25) is 0 Å². The predicted octanol–water partition coefficient (Wildman–Crippen LogP) is 2.00. The third kappa shape index (κ3) is 3.52. The first-order chi connectivity index (χ1) is 9.72. The number of fused-ring (bicyclic) bond motifs is 1. The number of benzene rings is 1. The molecule has 108 valence electrons. The van der Waals surface area contributed by atoms with Crippen molar-refractivity contribution in [3.63, 3.8) is 0 Å². The highest BCUT2D eigenvalue weighted by Crippen LogP contribution is 2.32. The summed E-state index contributed by atoms with van der Waals surface area (Å²) in [5.74, 6) is 1.78. The van der Waals surface area contributed by atoms with Crippen molar-refractivity contribution in [2.45, 2.75) is 25.8 Å².